The van der Waals surface area contributed by atoms with Crippen LogP contribution in [0.25, 0.3) is 0 Å². The van der Waals surface area contributed by atoms with Gasteiger partial charge in [0, 0.05) is 0 Å². The van der Waals surface area contributed by atoms with Gasteiger partial charge in [0.2, 0.25) is 0 Å². The third-order valence-electron chi connectivity index (χ3n) is 2.12. The lowest BCUT2D eigenvalue weighted by molar-refractivity contribution is 0.301. The highest BCUT2D eigenvalue weighted by molar-refractivity contribution is 6.33. The summed E-state index contributed by atoms with van der Waals surface area (Å²) in [7, 11) is 0. The first-order valence-corrected chi connectivity index (χ1v) is 5.01. The van der Waals surface area contributed by atoms with Gasteiger partial charge in [0.15, 0.2) is 0 Å². The molecule has 0 saturated heterocycles. The molecule has 0 spiro atoms. The fourth-order valence-corrected chi connectivity index (χ4v) is 1.46. The van der Waals surface area contributed by atoms with Crippen LogP contribution in [0.15, 0.2) is 22.8 Å². The summed E-state index contributed by atoms with van der Waals surface area (Å²) in [5.41, 5.74) is 2.05. The fraction of sp³-hybridized carbons (Fsp3) is 0.200. The average molecular weight is 242 g/mol. The standard InChI is InChI=1S/C10H9ClFN3O/c1-6-10(15-16-14-6)5-13-9-3-2-7(12)4-8(9)11/h2-4,13H,5H2,1H3. The Balaban J connectivity index is 2.08. The highest BCUT2D eigenvalue weighted by Gasteiger charge is 2.06. The maximum Gasteiger partial charge on any atom is 0.127 e. The summed E-state index contributed by atoms with van der Waals surface area (Å²) in [6.07, 6.45) is 0. The molecule has 16 heavy (non-hydrogen) atoms. The molecule has 1 aromatic heterocycles. The SMILES string of the molecule is Cc1nonc1CNc1ccc(F)cc1Cl. The van der Waals surface area contributed by atoms with E-state index in [1.165, 1.54) is 12.1 Å². The van der Waals surface area contributed by atoms with Gasteiger partial charge in [-0.2, -0.15) is 0 Å². The minimum absolute atomic E-state index is 0.328. The summed E-state index contributed by atoms with van der Waals surface area (Å²) < 4.78 is 17.3. The van der Waals surface area contributed by atoms with Crippen molar-refractivity contribution in [3.05, 3.63) is 40.4 Å². The first-order chi connectivity index (χ1) is 7.66. The molecule has 0 atom stereocenters. The molecule has 0 aliphatic carbocycles. The quantitative estimate of drug-likeness (QED) is 0.898. The third-order valence-corrected chi connectivity index (χ3v) is 2.44. The second-order valence-electron chi connectivity index (χ2n) is 3.27. The third kappa shape index (κ3) is 2.30. The van der Waals surface area contributed by atoms with E-state index < -0.39 is 0 Å². The molecule has 0 fully saturated rings. The van der Waals surface area contributed by atoms with Gasteiger partial charge in [0.1, 0.15) is 17.2 Å². The molecule has 0 unspecified atom stereocenters. The van der Waals surface area contributed by atoms with E-state index in [0.29, 0.717) is 28.6 Å². The van der Waals surface area contributed by atoms with Crippen LogP contribution in [0.5, 0.6) is 0 Å². The number of aryl methyl sites for hydroxylation is 1. The summed E-state index contributed by atoms with van der Waals surface area (Å²) >= 11 is 5.85. The van der Waals surface area contributed by atoms with Gasteiger partial charge in [-0.1, -0.05) is 21.9 Å². The Morgan fingerprint density at radius 2 is 2.25 bits per heavy atom. The summed E-state index contributed by atoms with van der Waals surface area (Å²) in [6.45, 7) is 2.22. The molecule has 0 aliphatic rings. The molecule has 4 nitrogen and oxygen atoms in total. The molecule has 2 aromatic rings. The second kappa shape index (κ2) is 4.49. The van der Waals surface area contributed by atoms with E-state index >= 15 is 0 Å². The first kappa shape index (κ1) is 10.9. The van der Waals surface area contributed by atoms with Gasteiger partial charge < -0.3 is 5.32 Å². The zero-order valence-electron chi connectivity index (χ0n) is 8.50. The number of halogens is 2. The van der Waals surface area contributed by atoms with Crippen molar-refractivity contribution in [3.8, 4) is 0 Å². The van der Waals surface area contributed by atoms with Gasteiger partial charge in [0.05, 0.1) is 17.3 Å². The molecule has 0 saturated carbocycles. The highest BCUT2D eigenvalue weighted by atomic mass is 35.5. The van der Waals surface area contributed by atoms with E-state index in [0.717, 1.165) is 0 Å². The Kier molecular flexibility index (Phi) is 3.05. The van der Waals surface area contributed by atoms with Crippen molar-refractivity contribution in [2.24, 2.45) is 0 Å². The molecule has 1 aromatic carbocycles. The predicted octanol–water partition coefficient (Wildman–Crippen LogP) is 2.78. The Bertz CT molecular complexity index is 501. The van der Waals surface area contributed by atoms with Gasteiger partial charge in [-0.15, -0.1) is 0 Å². The molecular formula is C10H9ClFN3O. The summed E-state index contributed by atoms with van der Waals surface area (Å²) in [6, 6.07) is 4.15. The van der Waals surface area contributed by atoms with Gasteiger partial charge >= 0.3 is 0 Å². The normalized spacial score (nSPS) is 10.4. The Morgan fingerprint density at radius 1 is 1.44 bits per heavy atom. The number of rotatable bonds is 3. The Hall–Kier alpha value is -1.62. The van der Waals surface area contributed by atoms with Crippen molar-refractivity contribution in [3.63, 3.8) is 0 Å². The zero-order chi connectivity index (χ0) is 11.5. The largest absolute Gasteiger partial charge is 0.378 e. The lowest BCUT2D eigenvalue weighted by atomic mass is 10.3. The summed E-state index contributed by atoms with van der Waals surface area (Å²) in [5.74, 6) is -0.366. The van der Waals surface area contributed by atoms with Gasteiger partial charge in [-0.05, 0) is 25.1 Å². The van der Waals surface area contributed by atoms with Crippen LogP contribution in [-0.4, -0.2) is 10.3 Å². The van der Waals surface area contributed by atoms with Gasteiger partial charge in [0.25, 0.3) is 0 Å². The summed E-state index contributed by atoms with van der Waals surface area (Å²) in [5, 5.41) is 10.7. The van der Waals surface area contributed by atoms with Crippen LogP contribution in [-0.2, 0) is 6.54 Å². The van der Waals surface area contributed by atoms with Crippen molar-refractivity contribution in [1.82, 2.24) is 10.3 Å². The molecule has 0 bridgehead atoms. The van der Waals surface area contributed by atoms with Crippen molar-refractivity contribution >= 4 is 17.3 Å². The number of nitrogens with one attached hydrogen (secondary N) is 1. The Labute approximate surface area is 96.4 Å². The number of hydrogen-bond acceptors (Lipinski definition) is 4. The van der Waals surface area contributed by atoms with Crippen molar-refractivity contribution in [2.45, 2.75) is 13.5 Å². The van der Waals surface area contributed by atoms with Crippen molar-refractivity contribution < 1.29 is 9.02 Å². The number of benzene rings is 1. The van der Waals surface area contributed by atoms with Crippen molar-refractivity contribution in [2.75, 3.05) is 5.32 Å². The average Bonchev–Trinajstić information content (AvgIpc) is 2.63. The highest BCUT2D eigenvalue weighted by Crippen LogP contribution is 2.22. The number of anilines is 1. The second-order valence-corrected chi connectivity index (χ2v) is 3.68. The van der Waals surface area contributed by atoms with Crippen LogP contribution in [0.2, 0.25) is 5.02 Å². The lowest BCUT2D eigenvalue weighted by Crippen LogP contribution is -2.01. The molecule has 0 amide bonds. The lowest BCUT2D eigenvalue weighted by Gasteiger charge is -2.06. The van der Waals surface area contributed by atoms with Crippen LogP contribution in [0.4, 0.5) is 10.1 Å². The van der Waals surface area contributed by atoms with E-state index in [1.807, 2.05) is 0 Å². The van der Waals surface area contributed by atoms with E-state index in [1.54, 1.807) is 13.0 Å². The van der Waals surface area contributed by atoms with E-state index in [4.69, 9.17) is 11.6 Å². The van der Waals surface area contributed by atoms with Crippen LogP contribution < -0.4 is 5.32 Å². The molecule has 0 aliphatic heterocycles. The van der Waals surface area contributed by atoms with Crippen molar-refractivity contribution in [1.29, 1.82) is 0 Å². The van der Waals surface area contributed by atoms with Gasteiger partial charge in [-0.3, -0.25) is 0 Å². The van der Waals surface area contributed by atoms with Gasteiger partial charge in [-0.25, -0.2) is 9.02 Å². The molecule has 1 N–H and O–H groups in total. The summed E-state index contributed by atoms with van der Waals surface area (Å²) in [4.78, 5) is 0. The fourth-order valence-electron chi connectivity index (χ4n) is 1.22. The maximum absolute atomic E-state index is 12.8. The molecule has 84 valence electrons. The van der Waals surface area contributed by atoms with Crippen LogP contribution >= 0.6 is 11.6 Å². The van der Waals surface area contributed by atoms with E-state index in [9.17, 15) is 4.39 Å². The van der Waals surface area contributed by atoms with E-state index in [-0.39, 0.29) is 5.82 Å². The van der Waals surface area contributed by atoms with Crippen LogP contribution in [0.3, 0.4) is 0 Å². The molecular weight excluding hydrogens is 233 g/mol. The smallest absolute Gasteiger partial charge is 0.127 e. The molecule has 1 heterocycles. The Morgan fingerprint density at radius 3 is 2.88 bits per heavy atom. The zero-order valence-corrected chi connectivity index (χ0v) is 9.25. The minimum Gasteiger partial charge on any atom is -0.378 e. The number of nitrogens with zero attached hydrogens (tertiary/aromatic N) is 2. The topological polar surface area (TPSA) is 51.0 Å². The monoisotopic (exact) mass is 241 g/mol. The van der Waals surface area contributed by atoms with Crippen LogP contribution in [0.1, 0.15) is 11.4 Å². The molecule has 2 rings (SSSR count). The number of hydrogen-bond donors (Lipinski definition) is 1. The van der Waals surface area contributed by atoms with Crippen LogP contribution in [0, 0.1) is 12.7 Å². The predicted molar refractivity (Wildman–Crippen MR) is 57.8 cm³/mol. The maximum atomic E-state index is 12.8. The minimum atomic E-state index is -0.366. The number of aromatic nitrogens is 2. The molecule has 0 radical (unpaired) electrons. The first-order valence-electron chi connectivity index (χ1n) is 4.64. The molecule has 6 heteroatoms. The van der Waals surface area contributed by atoms with E-state index in [2.05, 4.69) is 20.3 Å².